The van der Waals surface area contributed by atoms with Crippen LogP contribution in [0.4, 0.5) is 5.82 Å². The number of rotatable bonds is 2. The summed E-state index contributed by atoms with van der Waals surface area (Å²) in [5.74, 6) is 1.20. The lowest BCUT2D eigenvalue weighted by atomic mass is 10.1. The number of carbonyl (C=O) groups is 1. The molecule has 1 atom stereocenters. The first kappa shape index (κ1) is 14.1. The molecule has 1 amide bonds. The fourth-order valence-corrected chi connectivity index (χ4v) is 2.98. The standard InChI is InChI=1S/C16H18ClN3O/c1-19(2)16(21)12-7-8-20(10-12)15-6-3-11-9-13(17)4-5-14(11)18-15/h3-6,9,12H,7-8,10H2,1-2H3. The highest BCUT2D eigenvalue weighted by Crippen LogP contribution is 2.26. The number of hydrogen-bond acceptors (Lipinski definition) is 3. The first-order valence-corrected chi connectivity index (χ1v) is 7.45. The average molecular weight is 304 g/mol. The summed E-state index contributed by atoms with van der Waals surface area (Å²) in [6.07, 6.45) is 0.886. The van der Waals surface area contributed by atoms with E-state index in [-0.39, 0.29) is 11.8 Å². The van der Waals surface area contributed by atoms with E-state index in [1.165, 1.54) is 0 Å². The minimum atomic E-state index is 0.0720. The van der Waals surface area contributed by atoms with Crippen molar-refractivity contribution in [3.8, 4) is 0 Å². The topological polar surface area (TPSA) is 36.4 Å². The number of pyridine rings is 1. The Morgan fingerprint density at radius 1 is 1.33 bits per heavy atom. The Morgan fingerprint density at radius 3 is 2.90 bits per heavy atom. The number of aromatic nitrogens is 1. The van der Waals surface area contributed by atoms with Crippen LogP contribution in [0.3, 0.4) is 0 Å². The van der Waals surface area contributed by atoms with Gasteiger partial charge in [0.25, 0.3) is 0 Å². The highest BCUT2D eigenvalue weighted by atomic mass is 35.5. The summed E-state index contributed by atoms with van der Waals surface area (Å²) in [7, 11) is 3.62. The zero-order valence-electron chi connectivity index (χ0n) is 12.2. The van der Waals surface area contributed by atoms with Gasteiger partial charge in [-0.1, -0.05) is 11.6 Å². The van der Waals surface area contributed by atoms with E-state index in [9.17, 15) is 4.79 Å². The number of nitrogens with zero attached hydrogens (tertiary/aromatic N) is 3. The summed E-state index contributed by atoms with van der Waals surface area (Å²) < 4.78 is 0. The van der Waals surface area contributed by atoms with Gasteiger partial charge in [0.05, 0.1) is 11.4 Å². The molecule has 1 aliphatic rings. The van der Waals surface area contributed by atoms with Crippen LogP contribution in [0.1, 0.15) is 6.42 Å². The molecule has 0 spiro atoms. The van der Waals surface area contributed by atoms with Crippen molar-refractivity contribution >= 4 is 34.2 Å². The molecule has 110 valence electrons. The highest BCUT2D eigenvalue weighted by molar-refractivity contribution is 6.31. The van der Waals surface area contributed by atoms with Crippen molar-refractivity contribution in [1.29, 1.82) is 0 Å². The predicted molar refractivity (Wildman–Crippen MR) is 85.8 cm³/mol. The fourth-order valence-electron chi connectivity index (χ4n) is 2.80. The Hall–Kier alpha value is -1.81. The molecule has 0 saturated carbocycles. The molecule has 3 rings (SSSR count). The van der Waals surface area contributed by atoms with Crippen LogP contribution in [0.25, 0.3) is 10.9 Å². The second-order valence-electron chi connectivity index (χ2n) is 5.67. The monoisotopic (exact) mass is 303 g/mol. The largest absolute Gasteiger partial charge is 0.356 e. The highest BCUT2D eigenvalue weighted by Gasteiger charge is 2.29. The Bertz CT molecular complexity index is 686. The maximum Gasteiger partial charge on any atom is 0.227 e. The van der Waals surface area contributed by atoms with Crippen molar-refractivity contribution in [2.24, 2.45) is 5.92 Å². The van der Waals surface area contributed by atoms with Gasteiger partial charge in [-0.2, -0.15) is 0 Å². The van der Waals surface area contributed by atoms with Gasteiger partial charge in [0, 0.05) is 37.6 Å². The lowest BCUT2D eigenvalue weighted by molar-refractivity contribution is -0.132. The molecule has 0 N–H and O–H groups in total. The summed E-state index contributed by atoms with van der Waals surface area (Å²) in [4.78, 5) is 20.6. The van der Waals surface area contributed by atoms with Crippen LogP contribution in [-0.2, 0) is 4.79 Å². The maximum absolute atomic E-state index is 12.0. The van der Waals surface area contributed by atoms with Crippen LogP contribution in [0.2, 0.25) is 5.02 Å². The SMILES string of the molecule is CN(C)C(=O)C1CCN(c2ccc3cc(Cl)ccc3n2)C1. The number of benzene rings is 1. The van der Waals surface area contributed by atoms with Crippen LogP contribution < -0.4 is 4.90 Å². The molecular formula is C16H18ClN3O. The first-order valence-electron chi connectivity index (χ1n) is 7.07. The Morgan fingerprint density at radius 2 is 2.14 bits per heavy atom. The van der Waals surface area contributed by atoms with Crippen LogP contribution in [0, 0.1) is 5.92 Å². The van der Waals surface area contributed by atoms with Gasteiger partial charge in [0.1, 0.15) is 5.82 Å². The number of carbonyl (C=O) groups excluding carboxylic acids is 1. The molecule has 0 radical (unpaired) electrons. The molecule has 1 aromatic heterocycles. The van der Waals surface area contributed by atoms with Crippen LogP contribution in [-0.4, -0.2) is 43.0 Å². The predicted octanol–water partition coefficient (Wildman–Crippen LogP) is 2.80. The number of anilines is 1. The molecule has 1 saturated heterocycles. The third kappa shape index (κ3) is 2.81. The molecule has 21 heavy (non-hydrogen) atoms. The van der Waals surface area contributed by atoms with E-state index in [0.717, 1.165) is 41.3 Å². The minimum absolute atomic E-state index is 0.0720. The Labute approximate surface area is 129 Å². The van der Waals surface area contributed by atoms with E-state index in [1.807, 2.05) is 44.4 Å². The summed E-state index contributed by atoms with van der Waals surface area (Å²) >= 11 is 5.99. The van der Waals surface area contributed by atoms with Gasteiger partial charge in [0.2, 0.25) is 5.91 Å². The molecule has 4 nitrogen and oxygen atoms in total. The van der Waals surface area contributed by atoms with Gasteiger partial charge in [0.15, 0.2) is 0 Å². The molecule has 1 aliphatic heterocycles. The fraction of sp³-hybridized carbons (Fsp3) is 0.375. The zero-order valence-corrected chi connectivity index (χ0v) is 13.0. The smallest absolute Gasteiger partial charge is 0.227 e. The zero-order chi connectivity index (χ0) is 15.0. The van der Waals surface area contributed by atoms with E-state index in [1.54, 1.807) is 4.90 Å². The normalized spacial score (nSPS) is 18.2. The van der Waals surface area contributed by atoms with Gasteiger partial charge in [-0.25, -0.2) is 4.98 Å². The lowest BCUT2D eigenvalue weighted by Gasteiger charge is -2.19. The molecule has 1 aromatic carbocycles. The van der Waals surface area contributed by atoms with Gasteiger partial charge in [-0.3, -0.25) is 4.79 Å². The van der Waals surface area contributed by atoms with Gasteiger partial charge in [-0.15, -0.1) is 0 Å². The Balaban J connectivity index is 1.82. The van der Waals surface area contributed by atoms with Crippen LogP contribution >= 0.6 is 11.6 Å². The Kier molecular flexibility index (Phi) is 3.72. The molecular weight excluding hydrogens is 286 g/mol. The van der Waals surface area contributed by atoms with Crippen molar-refractivity contribution < 1.29 is 4.79 Å². The first-order chi connectivity index (χ1) is 10.0. The third-order valence-electron chi connectivity index (χ3n) is 3.94. The third-order valence-corrected chi connectivity index (χ3v) is 4.17. The molecule has 2 heterocycles. The number of hydrogen-bond donors (Lipinski definition) is 0. The minimum Gasteiger partial charge on any atom is -0.356 e. The van der Waals surface area contributed by atoms with E-state index in [0.29, 0.717) is 0 Å². The lowest BCUT2D eigenvalue weighted by Crippen LogP contribution is -2.32. The quantitative estimate of drug-likeness (QED) is 0.856. The molecule has 0 aliphatic carbocycles. The van der Waals surface area contributed by atoms with Crippen LogP contribution in [0.15, 0.2) is 30.3 Å². The second-order valence-corrected chi connectivity index (χ2v) is 6.11. The van der Waals surface area contributed by atoms with Crippen molar-refractivity contribution in [1.82, 2.24) is 9.88 Å². The molecule has 2 aromatic rings. The summed E-state index contributed by atoms with van der Waals surface area (Å²) in [6, 6.07) is 9.73. The van der Waals surface area contributed by atoms with Crippen molar-refractivity contribution in [2.45, 2.75) is 6.42 Å². The molecule has 1 fully saturated rings. The van der Waals surface area contributed by atoms with Crippen molar-refractivity contribution in [3.05, 3.63) is 35.4 Å². The van der Waals surface area contributed by atoms with E-state index in [2.05, 4.69) is 9.88 Å². The van der Waals surface area contributed by atoms with Crippen molar-refractivity contribution in [3.63, 3.8) is 0 Å². The van der Waals surface area contributed by atoms with E-state index >= 15 is 0 Å². The van der Waals surface area contributed by atoms with Gasteiger partial charge in [-0.05, 0) is 36.8 Å². The summed E-state index contributed by atoms with van der Waals surface area (Å²) in [6.45, 7) is 1.61. The number of fused-ring (bicyclic) bond motifs is 1. The number of halogens is 1. The molecule has 0 bridgehead atoms. The van der Waals surface area contributed by atoms with Gasteiger partial charge < -0.3 is 9.80 Å². The van der Waals surface area contributed by atoms with E-state index < -0.39 is 0 Å². The summed E-state index contributed by atoms with van der Waals surface area (Å²) in [5.41, 5.74) is 0.930. The molecule has 1 unspecified atom stereocenters. The summed E-state index contributed by atoms with van der Waals surface area (Å²) in [5, 5.41) is 1.75. The average Bonchev–Trinajstić information content (AvgIpc) is 2.95. The van der Waals surface area contributed by atoms with Crippen LogP contribution in [0.5, 0.6) is 0 Å². The number of amides is 1. The van der Waals surface area contributed by atoms with Gasteiger partial charge >= 0.3 is 0 Å². The molecule has 5 heteroatoms. The maximum atomic E-state index is 12.0. The second kappa shape index (κ2) is 5.53. The van der Waals surface area contributed by atoms with E-state index in [4.69, 9.17) is 11.6 Å². The van der Waals surface area contributed by atoms with Crippen molar-refractivity contribution in [2.75, 3.05) is 32.1 Å².